The van der Waals surface area contributed by atoms with Crippen molar-refractivity contribution in [2.75, 3.05) is 26.7 Å². The molecule has 2 fully saturated rings. The molecule has 1 unspecified atom stereocenters. The maximum absolute atomic E-state index is 5.45. The van der Waals surface area contributed by atoms with Crippen LogP contribution >= 0.6 is 0 Å². The second kappa shape index (κ2) is 3.53. The highest BCUT2D eigenvalue weighted by atomic mass is 16.5. The molecule has 0 aliphatic carbocycles. The second-order valence-electron chi connectivity index (χ2n) is 4.66. The lowest BCUT2D eigenvalue weighted by atomic mass is 9.86. The van der Waals surface area contributed by atoms with E-state index in [2.05, 4.69) is 29.2 Å². The van der Waals surface area contributed by atoms with Crippen molar-refractivity contribution in [1.29, 1.82) is 0 Å². The molecule has 1 aromatic carbocycles. The number of methoxy groups -OCH3 is 1. The summed E-state index contributed by atoms with van der Waals surface area (Å²) >= 11 is 0. The first kappa shape index (κ1) is 9.22. The molecular weight excluding hydrogens is 186 g/mol. The maximum Gasteiger partial charge on any atom is 0.122 e. The molecule has 3 atom stereocenters. The Morgan fingerprint density at radius 3 is 2.80 bits per heavy atom. The van der Waals surface area contributed by atoms with Crippen molar-refractivity contribution in [2.45, 2.75) is 12.3 Å². The van der Waals surface area contributed by atoms with E-state index in [1.165, 1.54) is 31.6 Å². The van der Waals surface area contributed by atoms with Crippen LogP contribution < -0.4 is 4.74 Å². The Bertz CT molecular complexity index is 363. The average molecular weight is 203 g/mol. The summed E-state index contributed by atoms with van der Waals surface area (Å²) in [7, 11) is 1.77. The van der Waals surface area contributed by atoms with Gasteiger partial charge in [-0.25, -0.2) is 0 Å². The molecule has 2 heterocycles. The lowest BCUT2D eigenvalue weighted by Crippen LogP contribution is -2.22. The smallest absolute Gasteiger partial charge is 0.122 e. The number of hydrogen-bond acceptors (Lipinski definition) is 2. The van der Waals surface area contributed by atoms with Gasteiger partial charge in [0, 0.05) is 19.0 Å². The summed E-state index contributed by atoms with van der Waals surface area (Å²) < 4.78 is 5.45. The molecule has 0 aromatic heterocycles. The molecule has 15 heavy (non-hydrogen) atoms. The third-order valence-electron chi connectivity index (χ3n) is 3.87. The fourth-order valence-electron chi connectivity index (χ4n) is 3.11. The average Bonchev–Trinajstić information content (AvgIpc) is 2.90. The topological polar surface area (TPSA) is 12.5 Å². The van der Waals surface area contributed by atoms with Crippen LogP contribution in [0.1, 0.15) is 17.9 Å². The normalized spacial score (nSPS) is 33.3. The Morgan fingerprint density at radius 2 is 2.13 bits per heavy atom. The van der Waals surface area contributed by atoms with Crippen molar-refractivity contribution in [1.82, 2.24) is 4.90 Å². The zero-order valence-electron chi connectivity index (χ0n) is 9.15. The van der Waals surface area contributed by atoms with Gasteiger partial charge in [0.2, 0.25) is 0 Å². The predicted octanol–water partition coefficient (Wildman–Crippen LogP) is 2.11. The van der Waals surface area contributed by atoms with Gasteiger partial charge in [0.15, 0.2) is 0 Å². The van der Waals surface area contributed by atoms with Crippen molar-refractivity contribution < 1.29 is 4.74 Å². The minimum absolute atomic E-state index is 0.704. The number of fused-ring (bicyclic) bond motifs is 2. The third-order valence-corrected chi connectivity index (χ3v) is 3.87. The second-order valence-corrected chi connectivity index (χ2v) is 4.66. The summed E-state index contributed by atoms with van der Waals surface area (Å²) in [5.74, 6) is 2.63. The molecule has 80 valence electrons. The van der Waals surface area contributed by atoms with E-state index in [-0.39, 0.29) is 0 Å². The standard InChI is InChI=1S/C13H17NO/c1-15-13-5-3-2-4-11(13)12-9-14-7-6-10(12)8-14/h2-5,10,12H,6-9H2,1H3/t10-,12+/m0/s1. The Balaban J connectivity index is 1.92. The highest BCUT2D eigenvalue weighted by Crippen LogP contribution is 2.42. The van der Waals surface area contributed by atoms with Crippen LogP contribution in [0.3, 0.4) is 0 Å². The molecule has 0 spiro atoms. The number of piperidine rings is 1. The van der Waals surface area contributed by atoms with Crippen molar-refractivity contribution in [3.05, 3.63) is 29.8 Å². The maximum atomic E-state index is 5.45. The summed E-state index contributed by atoms with van der Waals surface area (Å²) in [6, 6.07) is 8.48. The van der Waals surface area contributed by atoms with E-state index < -0.39 is 0 Å². The molecular formula is C13H17NO. The van der Waals surface area contributed by atoms with Gasteiger partial charge < -0.3 is 9.64 Å². The molecule has 0 saturated carbocycles. The Hall–Kier alpha value is -1.02. The molecule has 2 nitrogen and oxygen atoms in total. The summed E-state index contributed by atoms with van der Waals surface area (Å²) in [6.45, 7) is 3.82. The van der Waals surface area contributed by atoms with Crippen molar-refractivity contribution in [2.24, 2.45) is 5.92 Å². The first-order chi connectivity index (χ1) is 7.38. The Labute approximate surface area is 90.8 Å². The van der Waals surface area contributed by atoms with Gasteiger partial charge in [-0.15, -0.1) is 0 Å². The molecule has 2 aliphatic heterocycles. The molecule has 0 amide bonds. The molecule has 0 radical (unpaired) electrons. The van der Waals surface area contributed by atoms with E-state index in [1.807, 2.05) is 0 Å². The van der Waals surface area contributed by atoms with Crippen molar-refractivity contribution in [3.8, 4) is 5.75 Å². The van der Waals surface area contributed by atoms with Gasteiger partial charge in [-0.1, -0.05) is 18.2 Å². The summed E-state index contributed by atoms with van der Waals surface area (Å²) in [6.07, 6.45) is 1.36. The van der Waals surface area contributed by atoms with Crippen molar-refractivity contribution in [3.63, 3.8) is 0 Å². The lowest BCUT2D eigenvalue weighted by molar-refractivity contribution is 0.338. The number of hydrogen-bond donors (Lipinski definition) is 0. The first-order valence-electron chi connectivity index (χ1n) is 5.74. The summed E-state index contributed by atoms with van der Waals surface area (Å²) in [4.78, 5) is 2.57. The highest BCUT2D eigenvalue weighted by molar-refractivity contribution is 5.38. The van der Waals surface area contributed by atoms with Crippen LogP contribution in [0, 0.1) is 5.92 Å². The quantitative estimate of drug-likeness (QED) is 0.730. The predicted molar refractivity (Wildman–Crippen MR) is 60.3 cm³/mol. The Kier molecular flexibility index (Phi) is 2.17. The van der Waals surface area contributed by atoms with E-state index in [4.69, 9.17) is 4.74 Å². The molecule has 2 saturated heterocycles. The van der Waals surface area contributed by atoms with E-state index in [1.54, 1.807) is 7.11 Å². The molecule has 3 rings (SSSR count). The third kappa shape index (κ3) is 1.44. The number of para-hydroxylation sites is 1. The minimum Gasteiger partial charge on any atom is -0.496 e. The van der Waals surface area contributed by atoms with Crippen LogP contribution in [-0.4, -0.2) is 31.6 Å². The van der Waals surface area contributed by atoms with Gasteiger partial charge in [0.25, 0.3) is 0 Å². The van der Waals surface area contributed by atoms with Crippen molar-refractivity contribution >= 4 is 0 Å². The summed E-state index contributed by atoms with van der Waals surface area (Å²) in [5.41, 5.74) is 1.41. The zero-order valence-corrected chi connectivity index (χ0v) is 9.15. The SMILES string of the molecule is COc1ccccc1[C@@H]1CN2CC[C@H]1C2. The van der Waals surface area contributed by atoms with E-state index in [0.29, 0.717) is 5.92 Å². The van der Waals surface area contributed by atoms with Crippen LogP contribution in [0.5, 0.6) is 5.75 Å². The van der Waals surface area contributed by atoms with Crippen LogP contribution in [0.15, 0.2) is 24.3 Å². The van der Waals surface area contributed by atoms with Gasteiger partial charge >= 0.3 is 0 Å². The van der Waals surface area contributed by atoms with Crippen LogP contribution in [0.2, 0.25) is 0 Å². The number of nitrogens with zero attached hydrogens (tertiary/aromatic N) is 1. The van der Waals surface area contributed by atoms with Gasteiger partial charge in [-0.3, -0.25) is 0 Å². The fraction of sp³-hybridized carbons (Fsp3) is 0.538. The van der Waals surface area contributed by atoms with E-state index in [0.717, 1.165) is 11.7 Å². The number of rotatable bonds is 2. The van der Waals surface area contributed by atoms with E-state index >= 15 is 0 Å². The summed E-state index contributed by atoms with van der Waals surface area (Å²) in [5, 5.41) is 0. The molecule has 2 bridgehead atoms. The number of ether oxygens (including phenoxy) is 1. The largest absolute Gasteiger partial charge is 0.496 e. The van der Waals surface area contributed by atoms with Crippen LogP contribution in [-0.2, 0) is 0 Å². The van der Waals surface area contributed by atoms with E-state index in [9.17, 15) is 0 Å². The molecule has 1 aromatic rings. The highest BCUT2D eigenvalue weighted by Gasteiger charge is 2.39. The van der Waals surface area contributed by atoms with Gasteiger partial charge in [0.1, 0.15) is 5.75 Å². The van der Waals surface area contributed by atoms with Crippen LogP contribution in [0.4, 0.5) is 0 Å². The van der Waals surface area contributed by atoms with Gasteiger partial charge in [-0.2, -0.15) is 0 Å². The lowest BCUT2D eigenvalue weighted by Gasteiger charge is -2.23. The zero-order chi connectivity index (χ0) is 10.3. The van der Waals surface area contributed by atoms with Crippen LogP contribution in [0.25, 0.3) is 0 Å². The first-order valence-corrected chi connectivity index (χ1v) is 5.74. The number of benzene rings is 1. The molecule has 2 aliphatic rings. The monoisotopic (exact) mass is 203 g/mol. The van der Waals surface area contributed by atoms with Gasteiger partial charge in [0.05, 0.1) is 7.11 Å². The fourth-order valence-corrected chi connectivity index (χ4v) is 3.11. The Morgan fingerprint density at radius 1 is 1.27 bits per heavy atom. The molecule has 2 heteroatoms. The molecule has 0 N–H and O–H groups in total. The van der Waals surface area contributed by atoms with Gasteiger partial charge in [-0.05, 0) is 30.5 Å². The minimum atomic E-state index is 0.704.